The van der Waals surface area contributed by atoms with E-state index in [1.807, 2.05) is 0 Å². The summed E-state index contributed by atoms with van der Waals surface area (Å²) in [7, 11) is 0. The zero-order chi connectivity index (χ0) is 15.2. The molecular weight excluding hydrogens is 279 g/mol. The lowest BCUT2D eigenvalue weighted by atomic mass is 10.2. The molecule has 0 spiro atoms. The lowest BCUT2D eigenvalue weighted by Crippen LogP contribution is -2.28. The first-order chi connectivity index (χ1) is 10.1. The number of nitrogens with one attached hydrogen (secondary N) is 1. The second-order valence-corrected chi connectivity index (χ2v) is 4.28. The third kappa shape index (κ3) is 4.13. The van der Waals surface area contributed by atoms with E-state index >= 15 is 0 Å². The van der Waals surface area contributed by atoms with Gasteiger partial charge in [0, 0.05) is 18.2 Å². The molecule has 110 valence electrons. The van der Waals surface area contributed by atoms with Gasteiger partial charge in [0.1, 0.15) is 5.82 Å². The van der Waals surface area contributed by atoms with Crippen LogP contribution in [0.3, 0.4) is 0 Å². The fourth-order valence-corrected chi connectivity index (χ4v) is 1.55. The van der Waals surface area contributed by atoms with Crippen LogP contribution in [0.2, 0.25) is 0 Å². The van der Waals surface area contributed by atoms with Gasteiger partial charge in [0.2, 0.25) is 5.76 Å². The highest BCUT2D eigenvalue weighted by atomic mass is 19.1. The number of ether oxygens (including phenoxy) is 1. The predicted molar refractivity (Wildman–Crippen MR) is 69.8 cm³/mol. The van der Waals surface area contributed by atoms with Crippen LogP contribution in [-0.2, 0) is 16.1 Å². The fraction of sp³-hybridized carbons (Fsp3) is 0.214. The van der Waals surface area contributed by atoms with E-state index in [1.54, 1.807) is 25.1 Å². The number of rotatable bonds is 5. The van der Waals surface area contributed by atoms with Gasteiger partial charge in [-0.25, -0.2) is 9.18 Å². The minimum atomic E-state index is -0.781. The van der Waals surface area contributed by atoms with Gasteiger partial charge >= 0.3 is 5.97 Å². The molecule has 0 aliphatic carbocycles. The average Bonchev–Trinajstić information content (AvgIpc) is 2.90. The molecule has 2 aromatic rings. The Balaban J connectivity index is 1.78. The minimum absolute atomic E-state index is 0.0183. The quantitative estimate of drug-likeness (QED) is 0.846. The van der Waals surface area contributed by atoms with E-state index < -0.39 is 24.3 Å². The van der Waals surface area contributed by atoms with E-state index in [9.17, 15) is 14.0 Å². The summed E-state index contributed by atoms with van der Waals surface area (Å²) < 4.78 is 22.8. The third-order valence-electron chi connectivity index (χ3n) is 2.60. The molecule has 0 radical (unpaired) electrons. The molecule has 1 amide bonds. The van der Waals surface area contributed by atoms with Crippen molar-refractivity contribution in [1.82, 2.24) is 10.5 Å². The molecule has 2 rings (SSSR count). The molecule has 1 heterocycles. The van der Waals surface area contributed by atoms with Crippen molar-refractivity contribution in [3.8, 4) is 0 Å². The van der Waals surface area contributed by atoms with Crippen molar-refractivity contribution in [3.63, 3.8) is 0 Å². The van der Waals surface area contributed by atoms with Crippen molar-refractivity contribution < 1.29 is 23.2 Å². The lowest BCUT2D eigenvalue weighted by molar-refractivity contribution is -0.124. The molecule has 1 aromatic carbocycles. The number of aromatic nitrogens is 1. The maximum atomic E-state index is 13.3. The summed E-state index contributed by atoms with van der Waals surface area (Å²) in [5.41, 5.74) is 0.883. The summed E-state index contributed by atoms with van der Waals surface area (Å²) in [5.74, 6) is -1.80. The van der Waals surface area contributed by atoms with Crippen LogP contribution in [0.5, 0.6) is 0 Å². The van der Waals surface area contributed by atoms with Gasteiger partial charge in [-0.1, -0.05) is 23.4 Å². The van der Waals surface area contributed by atoms with Crippen LogP contribution in [0.4, 0.5) is 4.39 Å². The minimum Gasteiger partial charge on any atom is -0.450 e. The molecule has 0 aliphatic rings. The van der Waals surface area contributed by atoms with Crippen molar-refractivity contribution in [1.29, 1.82) is 0 Å². The van der Waals surface area contributed by atoms with Gasteiger partial charge < -0.3 is 14.6 Å². The number of halogens is 1. The number of nitrogens with zero attached hydrogens (tertiary/aromatic N) is 1. The highest BCUT2D eigenvalue weighted by Crippen LogP contribution is 2.06. The van der Waals surface area contributed by atoms with Crippen LogP contribution in [0.1, 0.15) is 21.8 Å². The van der Waals surface area contributed by atoms with Crippen LogP contribution in [0.15, 0.2) is 34.9 Å². The molecule has 1 aromatic heterocycles. The summed E-state index contributed by atoms with van der Waals surface area (Å²) in [6.45, 7) is 1.19. The summed E-state index contributed by atoms with van der Waals surface area (Å²) in [4.78, 5) is 23.0. The van der Waals surface area contributed by atoms with Gasteiger partial charge in [-0.15, -0.1) is 0 Å². The Kier molecular flexibility index (Phi) is 4.65. The van der Waals surface area contributed by atoms with Crippen LogP contribution >= 0.6 is 0 Å². The highest BCUT2D eigenvalue weighted by molar-refractivity contribution is 5.88. The summed E-state index contributed by atoms with van der Waals surface area (Å²) in [5, 5.41) is 5.98. The van der Waals surface area contributed by atoms with Gasteiger partial charge in [-0.3, -0.25) is 4.79 Å². The molecule has 1 N–H and O–H groups in total. The Hall–Kier alpha value is -2.70. The predicted octanol–water partition coefficient (Wildman–Crippen LogP) is 1.60. The highest BCUT2D eigenvalue weighted by Gasteiger charge is 2.15. The van der Waals surface area contributed by atoms with Gasteiger partial charge in [0.15, 0.2) is 6.61 Å². The Bertz CT molecular complexity index is 654. The third-order valence-corrected chi connectivity index (χ3v) is 2.60. The monoisotopic (exact) mass is 292 g/mol. The normalized spacial score (nSPS) is 10.2. The number of aryl methyl sites for hydroxylation is 1. The summed E-state index contributed by atoms with van der Waals surface area (Å²) in [6.07, 6.45) is 0. The smallest absolute Gasteiger partial charge is 0.377 e. The van der Waals surface area contributed by atoms with E-state index in [-0.39, 0.29) is 12.3 Å². The molecule has 0 atom stereocenters. The Morgan fingerprint density at radius 2 is 2.14 bits per heavy atom. The molecule has 6 nitrogen and oxygen atoms in total. The fourth-order valence-electron chi connectivity index (χ4n) is 1.55. The molecule has 7 heteroatoms. The molecule has 0 bridgehead atoms. The maximum absolute atomic E-state index is 13.3. The molecule has 21 heavy (non-hydrogen) atoms. The summed E-state index contributed by atoms with van der Waals surface area (Å²) in [6, 6.07) is 7.48. The number of hydrogen-bond donors (Lipinski definition) is 1. The first-order valence-corrected chi connectivity index (χ1v) is 6.17. The van der Waals surface area contributed by atoms with Crippen LogP contribution in [-0.4, -0.2) is 23.6 Å². The second kappa shape index (κ2) is 6.65. The van der Waals surface area contributed by atoms with E-state index in [2.05, 4.69) is 10.5 Å². The molecule has 0 saturated heterocycles. The first-order valence-electron chi connectivity index (χ1n) is 6.17. The van der Waals surface area contributed by atoms with E-state index in [0.29, 0.717) is 11.3 Å². The van der Waals surface area contributed by atoms with Crippen molar-refractivity contribution >= 4 is 11.9 Å². The molecule has 0 fully saturated rings. The number of esters is 1. The van der Waals surface area contributed by atoms with Crippen LogP contribution < -0.4 is 5.32 Å². The number of amides is 1. The van der Waals surface area contributed by atoms with Crippen LogP contribution in [0, 0.1) is 12.7 Å². The Morgan fingerprint density at radius 3 is 2.81 bits per heavy atom. The number of carbonyl (C=O) groups excluding carboxylic acids is 2. The van der Waals surface area contributed by atoms with Crippen molar-refractivity contribution in [3.05, 3.63) is 53.2 Å². The van der Waals surface area contributed by atoms with E-state index in [1.165, 1.54) is 12.1 Å². The average molecular weight is 292 g/mol. The topological polar surface area (TPSA) is 81.4 Å². The van der Waals surface area contributed by atoms with Gasteiger partial charge in [0.25, 0.3) is 5.91 Å². The number of hydrogen-bond acceptors (Lipinski definition) is 5. The first kappa shape index (κ1) is 14.7. The summed E-state index contributed by atoms with van der Waals surface area (Å²) >= 11 is 0. The van der Waals surface area contributed by atoms with Crippen molar-refractivity contribution in [2.45, 2.75) is 13.5 Å². The zero-order valence-corrected chi connectivity index (χ0v) is 11.3. The molecular formula is C14H13FN2O4. The molecule has 0 unspecified atom stereocenters. The lowest BCUT2D eigenvalue weighted by Gasteiger charge is -2.06. The maximum Gasteiger partial charge on any atom is 0.377 e. The SMILES string of the molecule is Cc1cc(C(=O)OCC(=O)NCc2ccccc2F)on1. The Morgan fingerprint density at radius 1 is 1.38 bits per heavy atom. The second-order valence-electron chi connectivity index (χ2n) is 4.28. The molecule has 0 saturated carbocycles. The van der Waals surface area contributed by atoms with E-state index in [4.69, 9.17) is 9.26 Å². The molecule has 0 aliphatic heterocycles. The van der Waals surface area contributed by atoms with Gasteiger partial charge in [-0.2, -0.15) is 0 Å². The van der Waals surface area contributed by atoms with E-state index in [0.717, 1.165) is 0 Å². The Labute approximate surface area is 119 Å². The van der Waals surface area contributed by atoms with Crippen molar-refractivity contribution in [2.75, 3.05) is 6.61 Å². The van der Waals surface area contributed by atoms with Gasteiger partial charge in [0.05, 0.1) is 5.69 Å². The largest absolute Gasteiger partial charge is 0.450 e. The number of benzene rings is 1. The van der Waals surface area contributed by atoms with Crippen molar-refractivity contribution in [2.24, 2.45) is 0 Å². The standard InChI is InChI=1S/C14H13FN2O4/c1-9-6-12(21-17-9)14(19)20-8-13(18)16-7-10-4-2-3-5-11(10)15/h2-6H,7-8H2,1H3,(H,16,18). The zero-order valence-electron chi connectivity index (χ0n) is 11.3. The van der Waals surface area contributed by atoms with Crippen LogP contribution in [0.25, 0.3) is 0 Å². The van der Waals surface area contributed by atoms with Gasteiger partial charge in [-0.05, 0) is 13.0 Å². The number of carbonyl (C=O) groups is 2.